The topological polar surface area (TPSA) is 92.7 Å². The first kappa shape index (κ1) is 19.6. The van der Waals surface area contributed by atoms with E-state index in [1.54, 1.807) is 7.11 Å². The zero-order valence-corrected chi connectivity index (χ0v) is 17.2. The molecule has 1 unspecified atom stereocenters. The second-order valence-electron chi connectivity index (χ2n) is 7.15. The van der Waals surface area contributed by atoms with Gasteiger partial charge in [-0.2, -0.15) is 0 Å². The van der Waals surface area contributed by atoms with E-state index < -0.39 is 11.8 Å². The quantitative estimate of drug-likeness (QED) is 0.433. The molecule has 1 aromatic carbocycles. The molecule has 2 atom stereocenters. The van der Waals surface area contributed by atoms with Crippen molar-refractivity contribution >= 4 is 35.4 Å². The number of fused-ring (bicyclic) bond motifs is 2. The van der Waals surface area contributed by atoms with Crippen LogP contribution < -0.4 is 19.5 Å². The van der Waals surface area contributed by atoms with E-state index in [9.17, 15) is 9.59 Å². The summed E-state index contributed by atoms with van der Waals surface area (Å²) in [6.07, 6.45) is 2.25. The minimum atomic E-state index is -0.987. The summed E-state index contributed by atoms with van der Waals surface area (Å²) < 4.78 is 16.8. The molecule has 154 valence electrons. The summed E-state index contributed by atoms with van der Waals surface area (Å²) >= 11 is 4.96. The van der Waals surface area contributed by atoms with Crippen LogP contribution in [0, 0.1) is 5.92 Å². The lowest BCUT2D eigenvalue weighted by atomic mass is 9.91. The molecule has 0 bridgehead atoms. The molecule has 10 heteroatoms. The summed E-state index contributed by atoms with van der Waals surface area (Å²) in [6, 6.07) is 1.91. The predicted molar refractivity (Wildman–Crippen MR) is 109 cm³/mol. The number of nitrogens with one attached hydrogen (secondary N) is 1. The first-order valence-corrected chi connectivity index (χ1v) is 9.65. The van der Waals surface area contributed by atoms with E-state index in [0.29, 0.717) is 23.8 Å². The number of rotatable bonds is 4. The Morgan fingerprint density at radius 1 is 1.38 bits per heavy atom. The second kappa shape index (κ2) is 7.60. The fourth-order valence-corrected chi connectivity index (χ4v) is 4.03. The van der Waals surface area contributed by atoms with Crippen LogP contribution in [0.2, 0.25) is 0 Å². The highest BCUT2D eigenvalue weighted by atomic mass is 32.1. The van der Waals surface area contributed by atoms with Gasteiger partial charge in [-0.05, 0) is 37.3 Å². The normalized spacial score (nSPS) is 24.1. The second-order valence-corrected chi connectivity index (χ2v) is 7.53. The number of carbonyl (C=O) groups is 2. The van der Waals surface area contributed by atoms with E-state index in [0.717, 1.165) is 24.1 Å². The molecular formula is C19H22N4O5S. The number of benzene rings is 1. The van der Waals surface area contributed by atoms with Crippen molar-refractivity contribution in [3.8, 4) is 17.2 Å². The first-order valence-electron chi connectivity index (χ1n) is 9.24. The number of aliphatic imine (C=N–C) groups is 1. The number of hydrogen-bond donors (Lipinski definition) is 1. The van der Waals surface area contributed by atoms with Gasteiger partial charge in [0.25, 0.3) is 0 Å². The Balaban J connectivity index is 1.60. The number of likely N-dealkylation sites (N-methyl/N-ethyl adjacent to an activating group) is 1. The van der Waals surface area contributed by atoms with Crippen molar-refractivity contribution in [2.45, 2.75) is 12.5 Å². The molecule has 1 fully saturated rings. The Kier molecular flexibility index (Phi) is 5.13. The van der Waals surface area contributed by atoms with Crippen LogP contribution in [0.15, 0.2) is 11.1 Å². The summed E-state index contributed by atoms with van der Waals surface area (Å²) in [5, 5.41) is 2.62. The molecule has 3 aliphatic rings. The fourth-order valence-electron chi connectivity index (χ4n) is 3.84. The minimum Gasteiger partial charge on any atom is -0.492 e. The van der Waals surface area contributed by atoms with Crippen LogP contribution in [-0.4, -0.2) is 74.0 Å². The number of carbonyl (C=O) groups excluding carboxylic acids is 2. The number of nitrogens with zero attached hydrogens (tertiary/aromatic N) is 3. The molecule has 4 rings (SSSR count). The van der Waals surface area contributed by atoms with Gasteiger partial charge in [0, 0.05) is 25.4 Å². The molecule has 0 radical (unpaired) electrons. The zero-order chi connectivity index (χ0) is 20.7. The number of thiocarbonyl (C=S) groups is 1. The summed E-state index contributed by atoms with van der Waals surface area (Å²) in [4.78, 5) is 32.4. The minimum absolute atomic E-state index is 0.0833. The highest BCUT2D eigenvalue weighted by Crippen LogP contribution is 2.49. The molecule has 0 aromatic heterocycles. The SMILES string of the molecule is COc1c2c(cc3c1[C@@H](CN=CC1C(=O)NC(=S)N(C)C1=O)N(C)CC3)OCO2. The van der Waals surface area contributed by atoms with E-state index >= 15 is 0 Å². The third kappa shape index (κ3) is 3.32. The van der Waals surface area contributed by atoms with Gasteiger partial charge in [-0.1, -0.05) is 0 Å². The monoisotopic (exact) mass is 418 g/mol. The van der Waals surface area contributed by atoms with Gasteiger partial charge in [0.1, 0.15) is 0 Å². The van der Waals surface area contributed by atoms with Gasteiger partial charge in [0.2, 0.25) is 24.4 Å². The third-order valence-corrected chi connectivity index (χ3v) is 5.87. The van der Waals surface area contributed by atoms with Crippen molar-refractivity contribution in [2.24, 2.45) is 10.9 Å². The lowest BCUT2D eigenvalue weighted by Gasteiger charge is -2.35. The number of hydrogen-bond acceptors (Lipinski definition) is 8. The molecule has 1 saturated heterocycles. The zero-order valence-electron chi connectivity index (χ0n) is 16.4. The maximum atomic E-state index is 12.3. The van der Waals surface area contributed by atoms with Crippen LogP contribution >= 0.6 is 12.2 Å². The van der Waals surface area contributed by atoms with Crippen LogP contribution in [0.3, 0.4) is 0 Å². The van der Waals surface area contributed by atoms with Crippen molar-refractivity contribution in [3.05, 3.63) is 17.2 Å². The Bertz CT molecular complexity index is 918. The van der Waals surface area contributed by atoms with Crippen LogP contribution in [0.5, 0.6) is 17.2 Å². The number of methoxy groups -OCH3 is 1. The molecule has 1 N–H and O–H groups in total. The highest BCUT2D eigenvalue weighted by molar-refractivity contribution is 7.80. The lowest BCUT2D eigenvalue weighted by Crippen LogP contribution is -2.56. The summed E-state index contributed by atoms with van der Waals surface area (Å²) in [7, 11) is 5.15. The number of amides is 2. The van der Waals surface area contributed by atoms with Gasteiger partial charge in [-0.15, -0.1) is 0 Å². The van der Waals surface area contributed by atoms with Gasteiger partial charge >= 0.3 is 0 Å². The van der Waals surface area contributed by atoms with Crippen LogP contribution in [0.1, 0.15) is 17.2 Å². The fraction of sp³-hybridized carbons (Fsp3) is 0.474. The molecule has 0 aliphatic carbocycles. The van der Waals surface area contributed by atoms with Crippen LogP contribution in [0.25, 0.3) is 0 Å². The lowest BCUT2D eigenvalue weighted by molar-refractivity contribution is -0.137. The molecular weight excluding hydrogens is 396 g/mol. The van der Waals surface area contributed by atoms with E-state index in [-0.39, 0.29) is 23.9 Å². The number of ether oxygens (including phenoxy) is 3. The average Bonchev–Trinajstić information content (AvgIpc) is 3.17. The van der Waals surface area contributed by atoms with Gasteiger partial charge < -0.3 is 19.5 Å². The molecule has 3 heterocycles. The van der Waals surface area contributed by atoms with Crippen LogP contribution in [0.4, 0.5) is 0 Å². The van der Waals surface area contributed by atoms with Crippen molar-refractivity contribution in [2.75, 3.05) is 41.1 Å². The summed E-state index contributed by atoms with van der Waals surface area (Å²) in [6.45, 7) is 1.38. The molecule has 0 spiro atoms. The van der Waals surface area contributed by atoms with E-state index in [4.69, 9.17) is 26.4 Å². The molecule has 2 amide bonds. The maximum absolute atomic E-state index is 12.3. The van der Waals surface area contributed by atoms with Crippen molar-refractivity contribution in [3.63, 3.8) is 0 Å². The van der Waals surface area contributed by atoms with Crippen LogP contribution in [-0.2, 0) is 16.0 Å². The van der Waals surface area contributed by atoms with Crippen molar-refractivity contribution in [1.82, 2.24) is 15.1 Å². The predicted octanol–water partition coefficient (Wildman–Crippen LogP) is 0.513. The van der Waals surface area contributed by atoms with E-state index in [2.05, 4.69) is 15.2 Å². The Morgan fingerprint density at radius 2 is 2.17 bits per heavy atom. The van der Waals surface area contributed by atoms with E-state index in [1.807, 2.05) is 13.1 Å². The molecule has 29 heavy (non-hydrogen) atoms. The smallest absolute Gasteiger partial charge is 0.246 e. The molecule has 0 saturated carbocycles. The standard InChI is InChI=1S/C19H22N4O5S/c1-22-5-4-10-6-13-15(28-9-27-13)16(26-3)14(10)12(22)8-20-7-11-17(24)21-19(29)23(2)18(11)25/h6-7,11-12H,4-5,8-9H2,1-3H3,(H,21,24,29)/t11?,12-/m1/s1. The Labute approximate surface area is 173 Å². The Hall–Kier alpha value is -2.72. The van der Waals surface area contributed by atoms with Crippen molar-refractivity contribution in [1.29, 1.82) is 0 Å². The molecule has 1 aromatic rings. The Morgan fingerprint density at radius 3 is 2.93 bits per heavy atom. The third-order valence-electron chi connectivity index (χ3n) is 5.49. The first-order chi connectivity index (χ1) is 13.9. The summed E-state index contributed by atoms with van der Waals surface area (Å²) in [5.41, 5.74) is 2.13. The molecule has 9 nitrogen and oxygen atoms in total. The molecule has 3 aliphatic heterocycles. The average molecular weight is 418 g/mol. The maximum Gasteiger partial charge on any atom is 0.246 e. The van der Waals surface area contributed by atoms with Gasteiger partial charge in [0.05, 0.1) is 19.7 Å². The van der Waals surface area contributed by atoms with Gasteiger partial charge in [-0.3, -0.25) is 24.4 Å². The van der Waals surface area contributed by atoms with E-state index in [1.165, 1.54) is 18.2 Å². The van der Waals surface area contributed by atoms with Gasteiger partial charge in [-0.25, -0.2) is 0 Å². The largest absolute Gasteiger partial charge is 0.492 e. The summed E-state index contributed by atoms with van der Waals surface area (Å²) in [5.74, 6) is 0.112. The highest BCUT2D eigenvalue weighted by Gasteiger charge is 2.36. The van der Waals surface area contributed by atoms with Gasteiger partial charge in [0.15, 0.2) is 22.5 Å². The van der Waals surface area contributed by atoms with Crippen molar-refractivity contribution < 1.29 is 23.8 Å².